The Morgan fingerprint density at radius 1 is 1.07 bits per heavy atom. The number of aromatic nitrogens is 2. The highest BCUT2D eigenvalue weighted by molar-refractivity contribution is 5.93. The minimum atomic E-state index is -0.0603. The molecule has 28 heavy (non-hydrogen) atoms. The summed E-state index contributed by atoms with van der Waals surface area (Å²) in [5.74, 6) is 1.43. The second-order valence-corrected chi connectivity index (χ2v) is 6.47. The Morgan fingerprint density at radius 3 is 2.54 bits per heavy atom. The summed E-state index contributed by atoms with van der Waals surface area (Å²) in [7, 11) is 1.62. The van der Waals surface area contributed by atoms with Crippen LogP contribution >= 0.6 is 0 Å². The third-order valence-electron chi connectivity index (χ3n) is 4.36. The lowest BCUT2D eigenvalue weighted by Gasteiger charge is -2.13. The van der Waals surface area contributed by atoms with Crippen molar-refractivity contribution in [2.75, 3.05) is 17.7 Å². The number of hydrogen-bond acceptors (Lipinski definition) is 5. The lowest BCUT2D eigenvalue weighted by molar-refractivity contribution is -0.115. The number of nitrogens with zero attached hydrogens (tertiary/aromatic N) is 2. The molecule has 6 heteroatoms. The monoisotopic (exact) mass is 376 g/mol. The maximum absolute atomic E-state index is 12.5. The Labute approximate surface area is 165 Å². The van der Waals surface area contributed by atoms with Crippen LogP contribution in [0.3, 0.4) is 0 Å². The highest BCUT2D eigenvalue weighted by atomic mass is 16.5. The quantitative estimate of drug-likeness (QED) is 0.644. The molecule has 0 aliphatic heterocycles. The summed E-state index contributed by atoms with van der Waals surface area (Å²) in [6, 6.07) is 15.3. The van der Waals surface area contributed by atoms with Gasteiger partial charge in [-0.25, -0.2) is 9.97 Å². The average Bonchev–Trinajstić information content (AvgIpc) is 2.69. The minimum absolute atomic E-state index is 0.0603. The predicted octanol–water partition coefficient (Wildman–Crippen LogP) is 4.28. The molecule has 0 radical (unpaired) electrons. The first-order chi connectivity index (χ1) is 13.6. The highest BCUT2D eigenvalue weighted by Gasteiger charge is 2.09. The van der Waals surface area contributed by atoms with Crippen LogP contribution in [-0.2, 0) is 17.6 Å². The molecule has 0 spiro atoms. The normalized spacial score (nSPS) is 10.4. The summed E-state index contributed by atoms with van der Waals surface area (Å²) in [6.45, 7) is 3.98. The van der Waals surface area contributed by atoms with Gasteiger partial charge in [-0.2, -0.15) is 0 Å². The zero-order chi connectivity index (χ0) is 19.9. The van der Waals surface area contributed by atoms with Crippen LogP contribution in [-0.4, -0.2) is 23.0 Å². The van der Waals surface area contributed by atoms with E-state index in [9.17, 15) is 4.79 Å². The second-order valence-electron chi connectivity index (χ2n) is 6.47. The number of hydrogen-bond donors (Lipinski definition) is 2. The van der Waals surface area contributed by atoms with Gasteiger partial charge in [0, 0.05) is 23.1 Å². The number of nitrogens with one attached hydrogen (secondary N) is 2. The predicted molar refractivity (Wildman–Crippen MR) is 111 cm³/mol. The van der Waals surface area contributed by atoms with Crippen molar-refractivity contribution in [2.45, 2.75) is 26.7 Å². The Morgan fingerprint density at radius 2 is 1.86 bits per heavy atom. The third-order valence-corrected chi connectivity index (χ3v) is 4.36. The van der Waals surface area contributed by atoms with Gasteiger partial charge in [-0.1, -0.05) is 25.1 Å². The molecule has 0 atom stereocenters. The summed E-state index contributed by atoms with van der Waals surface area (Å²) in [4.78, 5) is 20.9. The van der Waals surface area contributed by atoms with Crippen LogP contribution in [0.4, 0.5) is 17.2 Å². The van der Waals surface area contributed by atoms with E-state index in [4.69, 9.17) is 4.74 Å². The number of carbonyl (C=O) groups excluding carboxylic acids is 1. The van der Waals surface area contributed by atoms with Gasteiger partial charge in [0.05, 0.1) is 13.5 Å². The van der Waals surface area contributed by atoms with Gasteiger partial charge in [0.25, 0.3) is 0 Å². The molecular weight excluding hydrogens is 352 g/mol. The molecule has 144 valence electrons. The molecule has 2 N–H and O–H groups in total. The molecule has 0 bridgehead atoms. The van der Waals surface area contributed by atoms with E-state index in [-0.39, 0.29) is 5.91 Å². The Balaban J connectivity index is 1.72. The fraction of sp³-hybridized carbons (Fsp3) is 0.227. The highest BCUT2D eigenvalue weighted by Crippen LogP contribution is 2.24. The van der Waals surface area contributed by atoms with Crippen molar-refractivity contribution in [1.29, 1.82) is 0 Å². The molecule has 1 aromatic heterocycles. The number of benzene rings is 2. The van der Waals surface area contributed by atoms with Crippen LogP contribution in [0.15, 0.2) is 54.9 Å². The number of ether oxygens (including phenoxy) is 1. The van der Waals surface area contributed by atoms with E-state index < -0.39 is 0 Å². The standard InChI is InChI=1S/C22H24N4O2/c1-4-17-7-8-18(25-21-11-15(2)23-14-24-21)13-20(17)26-22(27)12-16-5-9-19(28-3)10-6-16/h5-11,13-14H,4,12H2,1-3H3,(H,26,27)(H,23,24,25). The number of rotatable bonds is 7. The van der Waals surface area contributed by atoms with Gasteiger partial charge < -0.3 is 15.4 Å². The maximum atomic E-state index is 12.5. The molecule has 1 heterocycles. The summed E-state index contributed by atoms with van der Waals surface area (Å²) in [5, 5.41) is 6.29. The van der Waals surface area contributed by atoms with E-state index in [1.807, 2.05) is 55.5 Å². The Bertz CT molecular complexity index is 955. The van der Waals surface area contributed by atoms with Gasteiger partial charge in [0.2, 0.25) is 5.91 Å². The van der Waals surface area contributed by atoms with Gasteiger partial charge in [-0.15, -0.1) is 0 Å². The molecule has 0 saturated heterocycles. The topological polar surface area (TPSA) is 76.1 Å². The van der Waals surface area contributed by atoms with E-state index in [0.717, 1.165) is 40.4 Å². The lowest BCUT2D eigenvalue weighted by Crippen LogP contribution is -2.15. The lowest BCUT2D eigenvalue weighted by atomic mass is 10.1. The van der Waals surface area contributed by atoms with Crippen molar-refractivity contribution < 1.29 is 9.53 Å². The fourth-order valence-electron chi connectivity index (χ4n) is 2.87. The molecule has 3 rings (SSSR count). The molecule has 0 unspecified atom stereocenters. The first kappa shape index (κ1) is 19.4. The van der Waals surface area contributed by atoms with Crippen LogP contribution in [0.5, 0.6) is 5.75 Å². The fourth-order valence-corrected chi connectivity index (χ4v) is 2.87. The third kappa shape index (κ3) is 5.07. The molecule has 1 amide bonds. The van der Waals surface area contributed by atoms with E-state index in [2.05, 4.69) is 27.5 Å². The molecule has 3 aromatic rings. The second kappa shape index (κ2) is 8.99. The van der Waals surface area contributed by atoms with E-state index in [0.29, 0.717) is 12.2 Å². The van der Waals surface area contributed by atoms with Crippen LogP contribution < -0.4 is 15.4 Å². The zero-order valence-electron chi connectivity index (χ0n) is 16.3. The summed E-state index contributed by atoms with van der Waals surface area (Å²) in [6.07, 6.45) is 2.65. The van der Waals surface area contributed by atoms with Crippen LogP contribution in [0.1, 0.15) is 23.7 Å². The van der Waals surface area contributed by atoms with E-state index in [1.165, 1.54) is 6.33 Å². The molecule has 6 nitrogen and oxygen atoms in total. The Hall–Kier alpha value is -3.41. The number of carbonyl (C=O) groups is 1. The van der Waals surface area contributed by atoms with Gasteiger partial charge in [-0.05, 0) is 48.7 Å². The zero-order valence-corrected chi connectivity index (χ0v) is 16.3. The van der Waals surface area contributed by atoms with Crippen LogP contribution in [0, 0.1) is 6.92 Å². The van der Waals surface area contributed by atoms with E-state index in [1.54, 1.807) is 7.11 Å². The van der Waals surface area contributed by atoms with Crippen molar-refractivity contribution in [3.8, 4) is 5.75 Å². The van der Waals surface area contributed by atoms with E-state index >= 15 is 0 Å². The maximum Gasteiger partial charge on any atom is 0.228 e. The van der Waals surface area contributed by atoms with Gasteiger partial charge in [0.1, 0.15) is 17.9 Å². The molecule has 0 fully saturated rings. The molecular formula is C22H24N4O2. The van der Waals surface area contributed by atoms with Gasteiger partial charge in [0.15, 0.2) is 0 Å². The average molecular weight is 376 g/mol. The SMILES string of the molecule is CCc1ccc(Nc2cc(C)ncn2)cc1NC(=O)Cc1ccc(OC)cc1. The summed E-state index contributed by atoms with van der Waals surface area (Å²) >= 11 is 0. The van der Waals surface area contributed by atoms with Crippen LogP contribution in [0.2, 0.25) is 0 Å². The summed E-state index contributed by atoms with van der Waals surface area (Å²) < 4.78 is 5.15. The number of anilines is 3. The van der Waals surface area contributed by atoms with Gasteiger partial charge >= 0.3 is 0 Å². The largest absolute Gasteiger partial charge is 0.497 e. The molecule has 0 aliphatic carbocycles. The number of amides is 1. The Kier molecular flexibility index (Phi) is 6.22. The smallest absolute Gasteiger partial charge is 0.228 e. The first-order valence-corrected chi connectivity index (χ1v) is 9.18. The van der Waals surface area contributed by atoms with Crippen molar-refractivity contribution in [3.63, 3.8) is 0 Å². The van der Waals surface area contributed by atoms with Crippen molar-refractivity contribution in [2.24, 2.45) is 0 Å². The summed E-state index contributed by atoms with van der Waals surface area (Å²) in [5.41, 5.74) is 4.55. The number of aryl methyl sites for hydroxylation is 2. The molecule has 0 saturated carbocycles. The first-order valence-electron chi connectivity index (χ1n) is 9.18. The van der Waals surface area contributed by atoms with Crippen molar-refractivity contribution >= 4 is 23.1 Å². The van der Waals surface area contributed by atoms with Crippen molar-refractivity contribution in [3.05, 3.63) is 71.7 Å². The van der Waals surface area contributed by atoms with Crippen LogP contribution in [0.25, 0.3) is 0 Å². The molecule has 0 aliphatic rings. The molecule has 2 aromatic carbocycles. The minimum Gasteiger partial charge on any atom is -0.497 e. The number of methoxy groups -OCH3 is 1. The van der Waals surface area contributed by atoms with Gasteiger partial charge in [-0.3, -0.25) is 4.79 Å². The van der Waals surface area contributed by atoms with Crippen molar-refractivity contribution in [1.82, 2.24) is 9.97 Å².